The zero-order valence-electron chi connectivity index (χ0n) is 15.4. The quantitative estimate of drug-likeness (QED) is 0.851. The average molecular weight is 350 g/mol. The van der Waals surface area contributed by atoms with Gasteiger partial charge in [0.25, 0.3) is 0 Å². The summed E-state index contributed by atoms with van der Waals surface area (Å²) in [6, 6.07) is 10.2. The molecular weight excluding hydrogens is 324 g/mol. The van der Waals surface area contributed by atoms with E-state index in [2.05, 4.69) is 22.0 Å². The molecular formula is C21H26N4O. The highest BCUT2D eigenvalue weighted by molar-refractivity contribution is 5.77. The summed E-state index contributed by atoms with van der Waals surface area (Å²) in [6.45, 7) is 5.50. The number of fused-ring (bicyclic) bond motifs is 1. The number of rotatable bonds is 4. The number of hydrogen-bond acceptors (Lipinski definition) is 4. The van der Waals surface area contributed by atoms with E-state index in [1.165, 1.54) is 18.4 Å². The van der Waals surface area contributed by atoms with Gasteiger partial charge in [0.1, 0.15) is 11.6 Å². The zero-order valence-corrected chi connectivity index (χ0v) is 15.4. The normalized spacial score (nSPS) is 16.7. The van der Waals surface area contributed by atoms with Gasteiger partial charge in [0, 0.05) is 38.0 Å². The van der Waals surface area contributed by atoms with E-state index in [9.17, 15) is 4.79 Å². The summed E-state index contributed by atoms with van der Waals surface area (Å²) < 4.78 is 0. The Balaban J connectivity index is 1.48. The fourth-order valence-electron chi connectivity index (χ4n) is 3.97. The van der Waals surface area contributed by atoms with Crippen molar-refractivity contribution in [1.82, 2.24) is 14.9 Å². The maximum Gasteiger partial charge on any atom is 0.223 e. The molecule has 2 aromatic rings. The Morgan fingerprint density at radius 2 is 1.85 bits per heavy atom. The van der Waals surface area contributed by atoms with E-state index in [0.717, 1.165) is 55.4 Å². The van der Waals surface area contributed by atoms with E-state index in [-0.39, 0.29) is 5.91 Å². The highest BCUT2D eigenvalue weighted by atomic mass is 16.2. The molecule has 1 amide bonds. The SMILES string of the molecule is Cc1nc2c(c(N3CCCC3)n1)CN(C(=O)CCc1ccccc1)CC2. The molecule has 0 spiro atoms. The van der Waals surface area contributed by atoms with Crippen LogP contribution in [-0.4, -0.2) is 40.4 Å². The monoisotopic (exact) mass is 350 g/mol. The number of anilines is 1. The summed E-state index contributed by atoms with van der Waals surface area (Å²) in [5.74, 6) is 2.13. The van der Waals surface area contributed by atoms with Crippen LogP contribution < -0.4 is 4.90 Å². The first-order chi connectivity index (χ1) is 12.7. The van der Waals surface area contributed by atoms with Crippen molar-refractivity contribution in [2.75, 3.05) is 24.5 Å². The summed E-state index contributed by atoms with van der Waals surface area (Å²) in [4.78, 5) is 26.5. The van der Waals surface area contributed by atoms with Crippen molar-refractivity contribution >= 4 is 11.7 Å². The van der Waals surface area contributed by atoms with Crippen molar-refractivity contribution in [1.29, 1.82) is 0 Å². The maximum absolute atomic E-state index is 12.8. The number of benzene rings is 1. The van der Waals surface area contributed by atoms with Crippen LogP contribution in [0.5, 0.6) is 0 Å². The number of nitrogens with zero attached hydrogens (tertiary/aromatic N) is 4. The van der Waals surface area contributed by atoms with Gasteiger partial charge in [0.2, 0.25) is 5.91 Å². The molecule has 0 unspecified atom stereocenters. The van der Waals surface area contributed by atoms with Crippen LogP contribution in [0.4, 0.5) is 5.82 Å². The molecule has 5 nitrogen and oxygen atoms in total. The molecule has 2 aliphatic heterocycles. The molecule has 4 rings (SSSR count). The Bertz CT molecular complexity index is 784. The molecule has 0 saturated carbocycles. The van der Waals surface area contributed by atoms with Crippen molar-refractivity contribution in [2.45, 2.75) is 45.6 Å². The van der Waals surface area contributed by atoms with Crippen LogP contribution in [-0.2, 0) is 24.2 Å². The zero-order chi connectivity index (χ0) is 17.9. The molecule has 136 valence electrons. The topological polar surface area (TPSA) is 49.3 Å². The van der Waals surface area contributed by atoms with Crippen molar-refractivity contribution in [2.24, 2.45) is 0 Å². The van der Waals surface area contributed by atoms with E-state index < -0.39 is 0 Å². The lowest BCUT2D eigenvalue weighted by Gasteiger charge is -2.31. The third-order valence-corrected chi connectivity index (χ3v) is 5.38. The van der Waals surface area contributed by atoms with Gasteiger partial charge >= 0.3 is 0 Å². The maximum atomic E-state index is 12.8. The van der Waals surface area contributed by atoms with E-state index in [1.807, 2.05) is 30.0 Å². The van der Waals surface area contributed by atoms with Crippen LogP contribution in [0, 0.1) is 6.92 Å². The smallest absolute Gasteiger partial charge is 0.223 e. The van der Waals surface area contributed by atoms with Crippen LogP contribution in [0.25, 0.3) is 0 Å². The fraction of sp³-hybridized carbons (Fsp3) is 0.476. The third-order valence-electron chi connectivity index (χ3n) is 5.38. The second kappa shape index (κ2) is 7.44. The Kier molecular flexibility index (Phi) is 4.87. The standard InChI is InChI=1S/C21H26N4O/c1-16-22-19-11-14-25(20(26)10-9-17-7-3-2-4-8-17)15-18(19)21(23-16)24-12-5-6-13-24/h2-4,7-8H,5-6,9-15H2,1H3. The van der Waals surface area contributed by atoms with Crippen molar-refractivity contribution in [3.8, 4) is 0 Å². The highest BCUT2D eigenvalue weighted by Crippen LogP contribution is 2.29. The van der Waals surface area contributed by atoms with Crippen molar-refractivity contribution in [3.05, 3.63) is 53.0 Å². The summed E-state index contributed by atoms with van der Waals surface area (Å²) in [5, 5.41) is 0. The predicted octanol–water partition coefficient (Wildman–Crippen LogP) is 2.90. The first-order valence-corrected chi connectivity index (χ1v) is 9.64. The summed E-state index contributed by atoms with van der Waals surface area (Å²) in [5.41, 5.74) is 3.51. The third kappa shape index (κ3) is 3.57. The Morgan fingerprint density at radius 1 is 1.08 bits per heavy atom. The lowest BCUT2D eigenvalue weighted by atomic mass is 10.0. The molecule has 1 aromatic heterocycles. The summed E-state index contributed by atoms with van der Waals surface area (Å²) in [7, 11) is 0. The largest absolute Gasteiger partial charge is 0.356 e. The molecule has 26 heavy (non-hydrogen) atoms. The summed E-state index contributed by atoms with van der Waals surface area (Å²) in [6.07, 6.45) is 4.63. The first-order valence-electron chi connectivity index (χ1n) is 9.64. The molecule has 1 fully saturated rings. The van der Waals surface area contributed by atoms with Crippen LogP contribution in [0.3, 0.4) is 0 Å². The molecule has 0 radical (unpaired) electrons. The number of carbonyl (C=O) groups is 1. The average Bonchev–Trinajstić information content (AvgIpc) is 3.20. The molecule has 0 atom stereocenters. The van der Waals surface area contributed by atoms with Gasteiger partial charge in [-0.2, -0.15) is 0 Å². The van der Waals surface area contributed by atoms with Crippen molar-refractivity contribution in [3.63, 3.8) is 0 Å². The molecule has 3 heterocycles. The highest BCUT2D eigenvalue weighted by Gasteiger charge is 2.27. The van der Waals surface area contributed by atoms with Gasteiger partial charge in [-0.05, 0) is 31.7 Å². The molecule has 0 N–H and O–H groups in total. The minimum atomic E-state index is 0.229. The number of carbonyl (C=O) groups excluding carboxylic acids is 1. The van der Waals surface area contributed by atoms with Gasteiger partial charge in [0.05, 0.1) is 12.2 Å². The fourth-order valence-corrected chi connectivity index (χ4v) is 3.97. The number of aryl methyl sites for hydroxylation is 2. The Labute approximate surface area is 155 Å². The van der Waals surface area contributed by atoms with E-state index in [1.54, 1.807) is 0 Å². The minimum absolute atomic E-state index is 0.229. The molecule has 0 bridgehead atoms. The van der Waals surface area contributed by atoms with Crippen LogP contribution in [0.1, 0.15) is 41.9 Å². The molecule has 1 aromatic carbocycles. The van der Waals surface area contributed by atoms with Crippen LogP contribution >= 0.6 is 0 Å². The van der Waals surface area contributed by atoms with Gasteiger partial charge < -0.3 is 9.80 Å². The van der Waals surface area contributed by atoms with E-state index in [0.29, 0.717) is 13.0 Å². The van der Waals surface area contributed by atoms with Crippen LogP contribution in [0.15, 0.2) is 30.3 Å². The van der Waals surface area contributed by atoms with Gasteiger partial charge in [0.15, 0.2) is 0 Å². The van der Waals surface area contributed by atoms with Gasteiger partial charge in [-0.3, -0.25) is 4.79 Å². The molecule has 0 aliphatic carbocycles. The van der Waals surface area contributed by atoms with Crippen LogP contribution in [0.2, 0.25) is 0 Å². The minimum Gasteiger partial charge on any atom is -0.356 e. The lowest BCUT2D eigenvalue weighted by Crippen LogP contribution is -2.38. The molecule has 1 saturated heterocycles. The summed E-state index contributed by atoms with van der Waals surface area (Å²) >= 11 is 0. The van der Waals surface area contributed by atoms with Gasteiger partial charge in [-0.1, -0.05) is 30.3 Å². The number of hydrogen-bond donors (Lipinski definition) is 0. The molecule has 2 aliphatic rings. The Morgan fingerprint density at radius 3 is 2.62 bits per heavy atom. The van der Waals surface area contributed by atoms with Gasteiger partial charge in [-0.25, -0.2) is 9.97 Å². The second-order valence-electron chi connectivity index (χ2n) is 7.26. The molecule has 5 heteroatoms. The van der Waals surface area contributed by atoms with E-state index in [4.69, 9.17) is 4.98 Å². The lowest BCUT2D eigenvalue weighted by molar-refractivity contribution is -0.132. The number of aromatic nitrogens is 2. The second-order valence-corrected chi connectivity index (χ2v) is 7.26. The first kappa shape index (κ1) is 17.0. The Hall–Kier alpha value is -2.43. The van der Waals surface area contributed by atoms with Gasteiger partial charge in [-0.15, -0.1) is 0 Å². The predicted molar refractivity (Wildman–Crippen MR) is 102 cm³/mol. The number of amides is 1. The van der Waals surface area contributed by atoms with Crippen molar-refractivity contribution < 1.29 is 4.79 Å². The van der Waals surface area contributed by atoms with E-state index >= 15 is 0 Å².